The van der Waals surface area contributed by atoms with Gasteiger partial charge >= 0.3 is 0 Å². The molecule has 0 spiro atoms. The van der Waals surface area contributed by atoms with Crippen molar-refractivity contribution in [2.24, 2.45) is 0 Å². The molecule has 0 radical (unpaired) electrons. The molecule has 0 fully saturated rings. The molecule has 84 valence electrons. The number of rotatable bonds is 4. The third-order valence-corrected chi connectivity index (χ3v) is 4.00. The number of aldehydes is 1. The zero-order valence-electron chi connectivity index (χ0n) is 9.44. The van der Waals surface area contributed by atoms with E-state index >= 15 is 0 Å². The van der Waals surface area contributed by atoms with Gasteiger partial charge in [0.15, 0.2) is 0 Å². The van der Waals surface area contributed by atoms with E-state index in [1.807, 2.05) is 19.2 Å². The van der Waals surface area contributed by atoms with Gasteiger partial charge in [0.05, 0.1) is 6.04 Å². The Kier molecular flexibility index (Phi) is 3.36. The summed E-state index contributed by atoms with van der Waals surface area (Å²) in [5.41, 5.74) is 1.26. The van der Waals surface area contributed by atoms with Crippen molar-refractivity contribution in [1.82, 2.24) is 5.32 Å². The van der Waals surface area contributed by atoms with Crippen LogP contribution >= 0.6 is 11.3 Å². The van der Waals surface area contributed by atoms with Crippen LogP contribution in [0.15, 0.2) is 29.6 Å². The molecule has 0 aliphatic rings. The Bertz CT molecular complexity index is 491. The highest BCUT2D eigenvalue weighted by molar-refractivity contribution is 7.17. The molecule has 1 aromatic heterocycles. The van der Waals surface area contributed by atoms with Crippen LogP contribution in [0.1, 0.15) is 18.4 Å². The van der Waals surface area contributed by atoms with Gasteiger partial charge in [0.2, 0.25) is 0 Å². The summed E-state index contributed by atoms with van der Waals surface area (Å²) in [5.74, 6) is 0.207. The molecular weight excluding hydrogens is 218 g/mol. The second kappa shape index (κ2) is 4.76. The second-order valence-corrected chi connectivity index (χ2v) is 4.84. The topological polar surface area (TPSA) is 29.1 Å². The summed E-state index contributed by atoms with van der Waals surface area (Å²) in [4.78, 5) is 10.9. The van der Waals surface area contributed by atoms with Gasteiger partial charge in [-0.15, -0.1) is 11.3 Å². The molecule has 0 bridgehead atoms. The van der Waals surface area contributed by atoms with E-state index in [1.54, 1.807) is 11.3 Å². The molecule has 1 aromatic carbocycles. The predicted molar refractivity (Wildman–Crippen MR) is 69.2 cm³/mol. The van der Waals surface area contributed by atoms with E-state index in [4.69, 9.17) is 0 Å². The summed E-state index contributed by atoms with van der Waals surface area (Å²) in [6.45, 7) is 2.09. The first-order chi connectivity index (χ1) is 7.77. The fourth-order valence-electron chi connectivity index (χ4n) is 1.98. The minimum Gasteiger partial charge on any atom is -0.310 e. The maximum absolute atomic E-state index is 10.9. The van der Waals surface area contributed by atoms with E-state index in [1.165, 1.54) is 15.6 Å². The zero-order chi connectivity index (χ0) is 11.5. The van der Waals surface area contributed by atoms with Gasteiger partial charge in [-0.1, -0.05) is 25.1 Å². The number of likely N-dealkylation sites (N-methyl/N-ethyl adjacent to an activating group) is 1. The molecule has 0 saturated carbocycles. The van der Waals surface area contributed by atoms with Crippen molar-refractivity contribution >= 4 is 27.7 Å². The fourth-order valence-corrected chi connectivity index (χ4v) is 3.05. The van der Waals surface area contributed by atoms with E-state index in [0.717, 1.165) is 6.29 Å². The minimum atomic E-state index is -0.113. The summed E-state index contributed by atoms with van der Waals surface area (Å²) in [5, 5.41) is 6.46. The minimum absolute atomic E-state index is 0.113. The molecule has 2 aromatic rings. The van der Waals surface area contributed by atoms with Crippen molar-refractivity contribution in [3.05, 3.63) is 35.2 Å². The number of carbonyl (C=O) groups is 1. The van der Waals surface area contributed by atoms with Gasteiger partial charge < -0.3 is 10.1 Å². The molecule has 2 nitrogen and oxygen atoms in total. The van der Waals surface area contributed by atoms with Crippen LogP contribution in [0.5, 0.6) is 0 Å². The van der Waals surface area contributed by atoms with E-state index in [-0.39, 0.29) is 12.0 Å². The Labute approximate surface area is 99.3 Å². The molecule has 2 rings (SSSR count). The van der Waals surface area contributed by atoms with Crippen molar-refractivity contribution in [1.29, 1.82) is 0 Å². The highest BCUT2D eigenvalue weighted by Gasteiger charge is 2.19. The van der Waals surface area contributed by atoms with Gasteiger partial charge in [-0.05, 0) is 29.4 Å². The Morgan fingerprint density at radius 2 is 2.12 bits per heavy atom. The van der Waals surface area contributed by atoms with Crippen LogP contribution in [-0.4, -0.2) is 19.4 Å². The smallest absolute Gasteiger partial charge is 0.137 e. The molecule has 16 heavy (non-hydrogen) atoms. The lowest BCUT2D eigenvalue weighted by molar-refractivity contribution is -0.109. The van der Waals surface area contributed by atoms with E-state index in [2.05, 4.69) is 29.8 Å². The van der Waals surface area contributed by atoms with Gasteiger partial charge in [0.25, 0.3) is 0 Å². The van der Waals surface area contributed by atoms with Crippen molar-refractivity contribution in [2.45, 2.75) is 18.9 Å². The molecule has 1 heterocycles. The van der Waals surface area contributed by atoms with Gasteiger partial charge in [-0.2, -0.15) is 0 Å². The normalized spacial score (nSPS) is 14.9. The SMILES string of the molecule is CNC(C=O)[C@@H](C)c1csc2ccccc12. The first kappa shape index (κ1) is 11.3. The van der Waals surface area contributed by atoms with Crippen LogP contribution in [-0.2, 0) is 4.79 Å². The van der Waals surface area contributed by atoms with Crippen LogP contribution in [0.4, 0.5) is 0 Å². The molecule has 1 N–H and O–H groups in total. The number of nitrogens with one attached hydrogen (secondary N) is 1. The third kappa shape index (κ3) is 1.88. The zero-order valence-corrected chi connectivity index (χ0v) is 10.3. The first-order valence-corrected chi connectivity index (χ1v) is 6.24. The monoisotopic (exact) mass is 233 g/mol. The third-order valence-electron chi connectivity index (χ3n) is 3.02. The van der Waals surface area contributed by atoms with Crippen molar-refractivity contribution in [2.75, 3.05) is 7.05 Å². The lowest BCUT2D eigenvalue weighted by Crippen LogP contribution is -2.31. The van der Waals surface area contributed by atoms with Crippen LogP contribution in [0.25, 0.3) is 10.1 Å². The number of benzene rings is 1. The molecule has 0 saturated heterocycles. The molecule has 1 unspecified atom stereocenters. The Morgan fingerprint density at radius 3 is 2.81 bits per heavy atom. The predicted octanol–water partition coefficient (Wildman–Crippen LogP) is 2.79. The lowest BCUT2D eigenvalue weighted by atomic mass is 9.94. The summed E-state index contributed by atoms with van der Waals surface area (Å²) in [7, 11) is 1.82. The van der Waals surface area contributed by atoms with Crippen LogP contribution < -0.4 is 5.32 Å². The summed E-state index contributed by atoms with van der Waals surface area (Å²) >= 11 is 1.74. The molecule has 0 aliphatic carbocycles. The molecule has 0 aliphatic heterocycles. The van der Waals surface area contributed by atoms with Gasteiger partial charge in [0, 0.05) is 10.6 Å². The summed E-state index contributed by atoms with van der Waals surface area (Å²) in [6, 6.07) is 8.21. The van der Waals surface area contributed by atoms with E-state index < -0.39 is 0 Å². The molecule has 3 heteroatoms. The lowest BCUT2D eigenvalue weighted by Gasteiger charge is -2.17. The number of hydrogen-bond acceptors (Lipinski definition) is 3. The highest BCUT2D eigenvalue weighted by Crippen LogP contribution is 2.32. The van der Waals surface area contributed by atoms with Crippen molar-refractivity contribution < 1.29 is 4.79 Å². The summed E-state index contributed by atoms with van der Waals surface area (Å²) in [6.07, 6.45) is 0.983. The van der Waals surface area contributed by atoms with E-state index in [0.29, 0.717) is 0 Å². The largest absolute Gasteiger partial charge is 0.310 e. The van der Waals surface area contributed by atoms with Crippen molar-refractivity contribution in [3.8, 4) is 0 Å². The maximum Gasteiger partial charge on any atom is 0.137 e. The average molecular weight is 233 g/mol. The Balaban J connectivity index is 2.43. The highest BCUT2D eigenvalue weighted by atomic mass is 32.1. The molecule has 0 amide bonds. The van der Waals surface area contributed by atoms with E-state index in [9.17, 15) is 4.79 Å². The van der Waals surface area contributed by atoms with Gasteiger partial charge in [-0.25, -0.2) is 0 Å². The van der Waals surface area contributed by atoms with Gasteiger partial charge in [-0.3, -0.25) is 0 Å². The van der Waals surface area contributed by atoms with Crippen LogP contribution in [0.3, 0.4) is 0 Å². The number of thiophene rings is 1. The second-order valence-electron chi connectivity index (χ2n) is 3.93. The average Bonchev–Trinajstić information content (AvgIpc) is 2.74. The number of hydrogen-bond donors (Lipinski definition) is 1. The number of fused-ring (bicyclic) bond motifs is 1. The number of carbonyl (C=O) groups excluding carboxylic acids is 1. The van der Waals surface area contributed by atoms with Crippen molar-refractivity contribution in [3.63, 3.8) is 0 Å². The molecule has 2 atom stereocenters. The Hall–Kier alpha value is -1.19. The standard InChI is InChI=1S/C13H15NOS/c1-9(12(7-15)14-2)11-8-16-13-6-4-3-5-10(11)13/h3-9,12,14H,1-2H3/t9-,12?/m0/s1. The summed E-state index contributed by atoms with van der Waals surface area (Å²) < 4.78 is 1.28. The quantitative estimate of drug-likeness (QED) is 0.823. The Morgan fingerprint density at radius 1 is 1.38 bits per heavy atom. The van der Waals surface area contributed by atoms with Crippen LogP contribution in [0.2, 0.25) is 0 Å². The first-order valence-electron chi connectivity index (χ1n) is 5.36. The van der Waals surface area contributed by atoms with Crippen LogP contribution in [0, 0.1) is 0 Å². The molecular formula is C13H15NOS. The maximum atomic E-state index is 10.9. The fraction of sp³-hybridized carbons (Fsp3) is 0.308. The van der Waals surface area contributed by atoms with Gasteiger partial charge in [0.1, 0.15) is 6.29 Å².